The van der Waals surface area contributed by atoms with Crippen molar-refractivity contribution in [3.8, 4) is 0 Å². The predicted molar refractivity (Wildman–Crippen MR) is 95.0 cm³/mol. The first-order chi connectivity index (χ1) is 11.5. The highest BCUT2D eigenvalue weighted by atomic mass is 19.2. The standard InChI is InChI=1S/C21H25F2N/c1-14-2-7-16(8-3-14)17-9-4-15(5-10-17)6-11-18-12-13-19(24)21(23)20(18)22/h4-5,9-10,12-14,16H,2-3,6-8,11,24H2,1H3. The molecule has 1 nitrogen and oxygen atoms in total. The minimum Gasteiger partial charge on any atom is -0.396 e. The molecule has 1 aliphatic rings. The Balaban J connectivity index is 1.61. The van der Waals surface area contributed by atoms with E-state index in [1.807, 2.05) is 0 Å². The summed E-state index contributed by atoms with van der Waals surface area (Å²) in [5, 5.41) is 0. The number of aryl methyl sites for hydroxylation is 2. The van der Waals surface area contributed by atoms with E-state index >= 15 is 0 Å². The van der Waals surface area contributed by atoms with Crippen molar-refractivity contribution in [2.75, 3.05) is 5.73 Å². The molecule has 0 bridgehead atoms. The van der Waals surface area contributed by atoms with E-state index in [2.05, 4.69) is 31.2 Å². The van der Waals surface area contributed by atoms with Gasteiger partial charge in [-0.25, -0.2) is 8.78 Å². The van der Waals surface area contributed by atoms with Gasteiger partial charge in [0.15, 0.2) is 11.6 Å². The van der Waals surface area contributed by atoms with E-state index < -0.39 is 11.6 Å². The van der Waals surface area contributed by atoms with Crippen molar-refractivity contribution >= 4 is 5.69 Å². The van der Waals surface area contributed by atoms with Crippen molar-refractivity contribution in [3.05, 3.63) is 64.7 Å². The molecule has 0 radical (unpaired) electrons. The third-order valence-corrected chi connectivity index (χ3v) is 5.34. The summed E-state index contributed by atoms with van der Waals surface area (Å²) in [5.41, 5.74) is 8.19. The lowest BCUT2D eigenvalue weighted by atomic mass is 9.79. The van der Waals surface area contributed by atoms with Crippen LogP contribution in [0.3, 0.4) is 0 Å². The largest absolute Gasteiger partial charge is 0.396 e. The molecule has 2 aromatic carbocycles. The number of rotatable bonds is 4. The number of benzene rings is 2. The van der Waals surface area contributed by atoms with Gasteiger partial charge in [0.2, 0.25) is 0 Å². The molecule has 0 unspecified atom stereocenters. The van der Waals surface area contributed by atoms with Crippen molar-refractivity contribution in [2.24, 2.45) is 5.92 Å². The molecule has 1 aliphatic carbocycles. The molecule has 0 aromatic heterocycles. The van der Waals surface area contributed by atoms with Crippen LogP contribution < -0.4 is 5.73 Å². The average molecular weight is 329 g/mol. The van der Waals surface area contributed by atoms with Crippen LogP contribution in [0.2, 0.25) is 0 Å². The molecule has 0 amide bonds. The highest BCUT2D eigenvalue weighted by Gasteiger charge is 2.19. The molecule has 1 fully saturated rings. The van der Waals surface area contributed by atoms with Gasteiger partial charge in [0.05, 0.1) is 5.69 Å². The molecule has 0 spiro atoms. The van der Waals surface area contributed by atoms with Gasteiger partial charge in [-0.3, -0.25) is 0 Å². The summed E-state index contributed by atoms with van der Waals surface area (Å²) in [7, 11) is 0. The van der Waals surface area contributed by atoms with Crippen LogP contribution >= 0.6 is 0 Å². The lowest BCUT2D eigenvalue weighted by molar-refractivity contribution is 0.348. The number of anilines is 1. The zero-order valence-corrected chi connectivity index (χ0v) is 14.2. The topological polar surface area (TPSA) is 26.0 Å². The molecule has 2 N–H and O–H groups in total. The summed E-state index contributed by atoms with van der Waals surface area (Å²) in [6.07, 6.45) is 6.35. The molecule has 3 heteroatoms. The van der Waals surface area contributed by atoms with E-state index in [-0.39, 0.29) is 5.69 Å². The molecule has 0 saturated heterocycles. The summed E-state index contributed by atoms with van der Waals surface area (Å²) >= 11 is 0. The Morgan fingerprint density at radius 3 is 2.21 bits per heavy atom. The van der Waals surface area contributed by atoms with E-state index in [1.54, 1.807) is 6.07 Å². The summed E-state index contributed by atoms with van der Waals surface area (Å²) in [4.78, 5) is 0. The maximum absolute atomic E-state index is 13.8. The Morgan fingerprint density at radius 1 is 0.875 bits per heavy atom. The number of nitrogens with two attached hydrogens (primary N) is 1. The second kappa shape index (κ2) is 7.33. The summed E-state index contributed by atoms with van der Waals surface area (Å²) < 4.78 is 27.4. The van der Waals surface area contributed by atoms with E-state index in [4.69, 9.17) is 5.73 Å². The molecule has 0 aliphatic heterocycles. The molecule has 3 rings (SSSR count). The van der Waals surface area contributed by atoms with Crippen LogP contribution in [0.1, 0.15) is 55.2 Å². The monoisotopic (exact) mass is 329 g/mol. The van der Waals surface area contributed by atoms with Crippen LogP contribution in [0.25, 0.3) is 0 Å². The van der Waals surface area contributed by atoms with Crippen molar-refractivity contribution in [1.82, 2.24) is 0 Å². The van der Waals surface area contributed by atoms with E-state index in [9.17, 15) is 8.78 Å². The normalized spacial score (nSPS) is 21.0. The van der Waals surface area contributed by atoms with Crippen molar-refractivity contribution in [2.45, 2.75) is 51.4 Å². The Bertz CT molecular complexity index is 686. The first-order valence-corrected chi connectivity index (χ1v) is 8.85. The summed E-state index contributed by atoms with van der Waals surface area (Å²) in [6, 6.07) is 11.7. The van der Waals surface area contributed by atoms with Crippen LogP contribution in [0, 0.1) is 17.6 Å². The second-order valence-electron chi connectivity index (χ2n) is 7.14. The highest BCUT2D eigenvalue weighted by Crippen LogP contribution is 2.35. The van der Waals surface area contributed by atoms with Crippen LogP contribution in [0.5, 0.6) is 0 Å². The van der Waals surface area contributed by atoms with Gasteiger partial charge in [-0.05, 0) is 60.3 Å². The first kappa shape index (κ1) is 16.9. The van der Waals surface area contributed by atoms with E-state index in [0.29, 0.717) is 24.3 Å². The highest BCUT2D eigenvalue weighted by molar-refractivity contribution is 5.42. The summed E-state index contributed by atoms with van der Waals surface area (Å²) in [5.74, 6) is -0.216. The molecular formula is C21H25F2N. The molecule has 0 heterocycles. The molecule has 1 saturated carbocycles. The Labute approximate surface area is 142 Å². The molecule has 24 heavy (non-hydrogen) atoms. The van der Waals surface area contributed by atoms with Crippen LogP contribution in [0.4, 0.5) is 14.5 Å². The Hall–Kier alpha value is -1.90. The number of halogens is 2. The molecule has 128 valence electrons. The first-order valence-electron chi connectivity index (χ1n) is 8.85. The van der Waals surface area contributed by atoms with E-state index in [0.717, 1.165) is 11.5 Å². The molecule has 0 atom stereocenters. The number of nitrogen functional groups attached to an aromatic ring is 1. The van der Waals surface area contributed by atoms with Gasteiger partial charge in [0, 0.05) is 0 Å². The fourth-order valence-corrected chi connectivity index (χ4v) is 3.63. The fourth-order valence-electron chi connectivity index (χ4n) is 3.63. The fraction of sp³-hybridized carbons (Fsp3) is 0.429. The zero-order valence-electron chi connectivity index (χ0n) is 14.2. The van der Waals surface area contributed by atoms with Gasteiger partial charge >= 0.3 is 0 Å². The van der Waals surface area contributed by atoms with E-state index in [1.165, 1.54) is 37.3 Å². The van der Waals surface area contributed by atoms with Gasteiger partial charge < -0.3 is 5.73 Å². The van der Waals surface area contributed by atoms with Crippen LogP contribution in [0.15, 0.2) is 36.4 Å². The number of hydrogen-bond donors (Lipinski definition) is 1. The second-order valence-corrected chi connectivity index (χ2v) is 7.14. The van der Waals surface area contributed by atoms with Gasteiger partial charge in [0.25, 0.3) is 0 Å². The maximum Gasteiger partial charge on any atom is 0.181 e. The summed E-state index contributed by atoms with van der Waals surface area (Å²) in [6.45, 7) is 2.33. The minimum absolute atomic E-state index is 0.137. The lowest BCUT2D eigenvalue weighted by Crippen LogP contribution is -2.10. The van der Waals surface area contributed by atoms with Gasteiger partial charge in [0.1, 0.15) is 0 Å². The Kier molecular flexibility index (Phi) is 5.17. The smallest absolute Gasteiger partial charge is 0.181 e. The van der Waals surface area contributed by atoms with Crippen LogP contribution in [-0.4, -0.2) is 0 Å². The maximum atomic E-state index is 13.8. The van der Waals surface area contributed by atoms with Crippen LogP contribution in [-0.2, 0) is 12.8 Å². The molecular weight excluding hydrogens is 304 g/mol. The zero-order chi connectivity index (χ0) is 17.1. The minimum atomic E-state index is -0.936. The molecule has 2 aromatic rings. The van der Waals surface area contributed by atoms with Gasteiger partial charge in [-0.1, -0.05) is 50.1 Å². The lowest BCUT2D eigenvalue weighted by Gasteiger charge is -2.26. The third kappa shape index (κ3) is 3.77. The van der Waals surface area contributed by atoms with Gasteiger partial charge in [-0.15, -0.1) is 0 Å². The number of hydrogen-bond acceptors (Lipinski definition) is 1. The third-order valence-electron chi connectivity index (χ3n) is 5.34. The average Bonchev–Trinajstić information content (AvgIpc) is 2.60. The quantitative estimate of drug-likeness (QED) is 0.723. The Morgan fingerprint density at radius 2 is 1.54 bits per heavy atom. The SMILES string of the molecule is CC1CCC(c2ccc(CCc3ccc(N)c(F)c3F)cc2)CC1. The van der Waals surface area contributed by atoms with Crippen molar-refractivity contribution in [1.29, 1.82) is 0 Å². The van der Waals surface area contributed by atoms with Gasteiger partial charge in [-0.2, -0.15) is 0 Å². The van der Waals surface area contributed by atoms with Crippen molar-refractivity contribution in [3.63, 3.8) is 0 Å². The van der Waals surface area contributed by atoms with Crippen molar-refractivity contribution < 1.29 is 8.78 Å². The predicted octanol–water partition coefficient (Wildman–Crippen LogP) is 5.63.